The number of carbonyl (C=O) groups is 2. The van der Waals surface area contributed by atoms with E-state index in [4.69, 9.17) is 11.6 Å². The van der Waals surface area contributed by atoms with Crippen molar-refractivity contribution in [3.63, 3.8) is 0 Å². The van der Waals surface area contributed by atoms with Crippen LogP contribution in [0.4, 0.5) is 0 Å². The fraction of sp³-hybridized carbons (Fsp3) is 0.353. The van der Waals surface area contributed by atoms with E-state index < -0.39 is 5.97 Å². The van der Waals surface area contributed by atoms with E-state index in [2.05, 4.69) is 4.98 Å². The molecule has 1 aromatic heterocycles. The largest absolute Gasteiger partial charge is 0.481 e. The molecular weight excluding hydrogens is 348 g/mol. The number of hydrogen-bond donors (Lipinski definition) is 1. The van der Waals surface area contributed by atoms with Crippen LogP contribution in [0.2, 0.25) is 5.02 Å². The van der Waals surface area contributed by atoms with E-state index in [0.29, 0.717) is 30.2 Å². The van der Waals surface area contributed by atoms with Gasteiger partial charge in [-0.2, -0.15) is 0 Å². The van der Waals surface area contributed by atoms with E-state index in [0.717, 1.165) is 10.6 Å². The van der Waals surface area contributed by atoms with E-state index in [1.54, 1.807) is 22.4 Å². The first-order valence-corrected chi connectivity index (χ1v) is 8.95. The molecule has 126 valence electrons. The first-order valence-electron chi connectivity index (χ1n) is 7.69. The molecule has 24 heavy (non-hydrogen) atoms. The van der Waals surface area contributed by atoms with Crippen LogP contribution in [0.25, 0.3) is 10.6 Å². The number of carboxylic acid groups (broad SMARTS) is 1. The van der Waals surface area contributed by atoms with Crippen LogP contribution in [0.15, 0.2) is 29.6 Å². The Morgan fingerprint density at radius 3 is 2.67 bits per heavy atom. The normalized spacial score (nSPS) is 20.8. The smallest absolute Gasteiger partial charge is 0.306 e. The Morgan fingerprint density at radius 2 is 2.04 bits per heavy atom. The molecule has 1 fully saturated rings. The number of carboxylic acids is 1. The molecule has 1 aromatic carbocycles. The maximum atomic E-state index is 12.6. The lowest BCUT2D eigenvalue weighted by molar-refractivity contribution is -0.145. The van der Waals surface area contributed by atoms with Gasteiger partial charge in [-0.3, -0.25) is 9.59 Å². The highest BCUT2D eigenvalue weighted by atomic mass is 35.5. The summed E-state index contributed by atoms with van der Waals surface area (Å²) in [7, 11) is 0. The van der Waals surface area contributed by atoms with Gasteiger partial charge in [-0.15, -0.1) is 11.3 Å². The first-order chi connectivity index (χ1) is 11.5. The van der Waals surface area contributed by atoms with Crippen LogP contribution in [0, 0.1) is 11.8 Å². The van der Waals surface area contributed by atoms with Gasteiger partial charge in [-0.05, 0) is 24.5 Å². The van der Waals surface area contributed by atoms with Gasteiger partial charge in [0.1, 0.15) is 10.7 Å². The molecule has 2 unspecified atom stereocenters. The van der Waals surface area contributed by atoms with Crippen LogP contribution < -0.4 is 0 Å². The molecule has 1 saturated heterocycles. The molecule has 1 amide bonds. The van der Waals surface area contributed by atoms with Crippen molar-refractivity contribution in [2.24, 2.45) is 11.8 Å². The summed E-state index contributed by atoms with van der Waals surface area (Å²) in [5.74, 6) is -1.36. The molecular formula is C17H17ClN2O3S. The number of thiazole rings is 1. The summed E-state index contributed by atoms with van der Waals surface area (Å²) in [6.45, 7) is 2.77. The van der Waals surface area contributed by atoms with Crippen molar-refractivity contribution in [2.75, 3.05) is 13.1 Å². The van der Waals surface area contributed by atoms with E-state index in [-0.39, 0.29) is 17.7 Å². The van der Waals surface area contributed by atoms with Gasteiger partial charge in [0.2, 0.25) is 0 Å². The molecule has 0 aliphatic carbocycles. The molecule has 1 aliphatic heterocycles. The molecule has 2 aromatic rings. The van der Waals surface area contributed by atoms with Crippen LogP contribution in [0.5, 0.6) is 0 Å². The number of rotatable bonds is 3. The zero-order valence-electron chi connectivity index (χ0n) is 13.1. The Labute approximate surface area is 148 Å². The lowest BCUT2D eigenvalue weighted by atomic mass is 9.87. The Balaban J connectivity index is 1.72. The molecule has 0 bridgehead atoms. The number of hydrogen-bond acceptors (Lipinski definition) is 4. The van der Waals surface area contributed by atoms with Crippen LogP contribution in [0.3, 0.4) is 0 Å². The number of halogens is 1. The third-order valence-corrected chi connectivity index (χ3v) is 5.47. The molecule has 7 heteroatoms. The number of likely N-dealkylation sites (tertiary alicyclic amines) is 1. The summed E-state index contributed by atoms with van der Waals surface area (Å²) in [4.78, 5) is 29.9. The van der Waals surface area contributed by atoms with Crippen molar-refractivity contribution in [3.8, 4) is 10.6 Å². The van der Waals surface area contributed by atoms with Gasteiger partial charge < -0.3 is 10.0 Å². The molecule has 1 N–H and O–H groups in total. The minimum atomic E-state index is -0.784. The SMILES string of the molecule is CC1CN(C(=O)c2csc(-c3ccc(Cl)cc3)n2)CCC1C(=O)O. The van der Waals surface area contributed by atoms with E-state index >= 15 is 0 Å². The summed E-state index contributed by atoms with van der Waals surface area (Å²) < 4.78 is 0. The molecule has 2 atom stereocenters. The highest BCUT2D eigenvalue weighted by Crippen LogP contribution is 2.28. The highest BCUT2D eigenvalue weighted by molar-refractivity contribution is 7.13. The van der Waals surface area contributed by atoms with Crippen molar-refractivity contribution in [2.45, 2.75) is 13.3 Å². The maximum absolute atomic E-state index is 12.6. The molecule has 0 spiro atoms. The quantitative estimate of drug-likeness (QED) is 0.902. The van der Waals surface area contributed by atoms with E-state index in [1.165, 1.54) is 11.3 Å². The number of aliphatic carboxylic acids is 1. The van der Waals surface area contributed by atoms with Crippen molar-refractivity contribution in [1.29, 1.82) is 0 Å². The second kappa shape index (κ2) is 6.91. The molecule has 0 saturated carbocycles. The monoisotopic (exact) mass is 364 g/mol. The van der Waals surface area contributed by atoms with Crippen LogP contribution in [-0.2, 0) is 4.79 Å². The van der Waals surface area contributed by atoms with Crippen molar-refractivity contribution >= 4 is 34.8 Å². The van der Waals surface area contributed by atoms with Gasteiger partial charge in [0.25, 0.3) is 5.91 Å². The van der Waals surface area contributed by atoms with Gasteiger partial charge in [-0.25, -0.2) is 4.98 Å². The second-order valence-corrected chi connectivity index (χ2v) is 7.30. The van der Waals surface area contributed by atoms with Crippen LogP contribution in [0.1, 0.15) is 23.8 Å². The zero-order chi connectivity index (χ0) is 17.3. The Morgan fingerprint density at radius 1 is 1.33 bits per heavy atom. The predicted molar refractivity (Wildman–Crippen MR) is 93.4 cm³/mol. The summed E-state index contributed by atoms with van der Waals surface area (Å²) in [5, 5.41) is 12.3. The number of aromatic nitrogens is 1. The lowest BCUT2D eigenvalue weighted by Crippen LogP contribution is -2.45. The fourth-order valence-electron chi connectivity index (χ4n) is 2.96. The zero-order valence-corrected chi connectivity index (χ0v) is 14.7. The number of nitrogens with zero attached hydrogens (tertiary/aromatic N) is 2. The number of benzene rings is 1. The first kappa shape index (κ1) is 16.9. The van der Waals surface area contributed by atoms with Crippen molar-refractivity contribution in [3.05, 3.63) is 40.4 Å². The minimum Gasteiger partial charge on any atom is -0.481 e. The lowest BCUT2D eigenvalue weighted by Gasteiger charge is -2.34. The average Bonchev–Trinajstić information content (AvgIpc) is 3.04. The third kappa shape index (κ3) is 3.44. The van der Waals surface area contributed by atoms with Crippen molar-refractivity contribution in [1.82, 2.24) is 9.88 Å². The second-order valence-electron chi connectivity index (χ2n) is 6.01. The Bertz CT molecular complexity index is 759. The molecule has 1 aliphatic rings. The van der Waals surface area contributed by atoms with Gasteiger partial charge >= 0.3 is 5.97 Å². The van der Waals surface area contributed by atoms with Gasteiger partial charge in [-0.1, -0.05) is 30.7 Å². The number of piperidine rings is 1. The van der Waals surface area contributed by atoms with Gasteiger partial charge in [0.05, 0.1) is 5.92 Å². The predicted octanol–water partition coefficient (Wildman–Crippen LogP) is 3.65. The summed E-state index contributed by atoms with van der Waals surface area (Å²) >= 11 is 7.30. The van der Waals surface area contributed by atoms with Crippen LogP contribution in [-0.4, -0.2) is 40.0 Å². The maximum Gasteiger partial charge on any atom is 0.306 e. The summed E-state index contributed by atoms with van der Waals surface area (Å²) in [6, 6.07) is 7.32. The van der Waals surface area contributed by atoms with Crippen molar-refractivity contribution < 1.29 is 14.7 Å². The molecule has 3 rings (SSSR count). The van der Waals surface area contributed by atoms with Gasteiger partial charge in [0.15, 0.2) is 0 Å². The topological polar surface area (TPSA) is 70.5 Å². The summed E-state index contributed by atoms with van der Waals surface area (Å²) in [6.07, 6.45) is 0.483. The number of amides is 1. The summed E-state index contributed by atoms with van der Waals surface area (Å²) in [5.41, 5.74) is 1.33. The van der Waals surface area contributed by atoms with E-state index in [9.17, 15) is 14.7 Å². The fourth-order valence-corrected chi connectivity index (χ4v) is 3.88. The average molecular weight is 365 g/mol. The van der Waals surface area contributed by atoms with Gasteiger partial charge in [0, 0.05) is 29.1 Å². The standard InChI is InChI=1S/C17H17ClN2O3S/c1-10-8-20(7-6-13(10)17(22)23)16(21)14-9-24-15(19-14)11-2-4-12(18)5-3-11/h2-5,9-10,13H,6-8H2,1H3,(H,22,23). The van der Waals surface area contributed by atoms with E-state index in [1.807, 2.05) is 19.1 Å². The third-order valence-electron chi connectivity index (χ3n) is 4.32. The molecule has 2 heterocycles. The van der Waals surface area contributed by atoms with Crippen LogP contribution >= 0.6 is 22.9 Å². The molecule has 0 radical (unpaired) electrons. The Hall–Kier alpha value is -1.92. The molecule has 5 nitrogen and oxygen atoms in total. The Kier molecular flexibility index (Phi) is 4.87. The minimum absolute atomic E-state index is 0.0606. The highest BCUT2D eigenvalue weighted by Gasteiger charge is 2.33. The number of carbonyl (C=O) groups excluding carboxylic acids is 1.